The largest absolute Gasteiger partial charge is 0.476 e. The number of aromatic carboxylic acids is 1. The standard InChI is InChI=1S/C10H9N3O4/c1-6-2-9(14)13(5-11-6)4-7-3-8(10(15)16)12-17-7/h2-3,5H,4H2,1H3,(H,15,16). The van der Waals surface area contributed by atoms with Crippen LogP contribution in [-0.4, -0.2) is 25.8 Å². The number of carbonyl (C=O) groups is 1. The Bertz CT molecular complexity index is 614. The molecule has 2 heterocycles. The second-order valence-corrected chi connectivity index (χ2v) is 3.48. The zero-order chi connectivity index (χ0) is 12.4. The lowest BCUT2D eigenvalue weighted by Gasteiger charge is -2.00. The van der Waals surface area contributed by atoms with Crippen molar-refractivity contribution < 1.29 is 14.4 Å². The van der Waals surface area contributed by atoms with Crippen molar-refractivity contribution in [2.75, 3.05) is 0 Å². The highest BCUT2D eigenvalue weighted by atomic mass is 16.5. The first-order valence-corrected chi connectivity index (χ1v) is 4.78. The second kappa shape index (κ2) is 4.20. The number of hydrogen-bond acceptors (Lipinski definition) is 5. The van der Waals surface area contributed by atoms with Crippen LogP contribution in [0.5, 0.6) is 0 Å². The van der Waals surface area contributed by atoms with E-state index in [0.29, 0.717) is 5.69 Å². The quantitative estimate of drug-likeness (QED) is 0.820. The van der Waals surface area contributed by atoms with E-state index in [4.69, 9.17) is 9.63 Å². The molecule has 17 heavy (non-hydrogen) atoms. The van der Waals surface area contributed by atoms with Crippen LogP contribution in [0.15, 0.2) is 27.8 Å². The van der Waals surface area contributed by atoms with E-state index in [0.717, 1.165) is 0 Å². The van der Waals surface area contributed by atoms with Crippen molar-refractivity contribution in [2.24, 2.45) is 0 Å². The van der Waals surface area contributed by atoms with Crippen molar-refractivity contribution >= 4 is 5.97 Å². The minimum atomic E-state index is -1.17. The molecule has 0 atom stereocenters. The fourth-order valence-electron chi connectivity index (χ4n) is 1.29. The SMILES string of the molecule is Cc1cc(=O)n(Cc2cc(C(=O)O)no2)cn1. The summed E-state index contributed by atoms with van der Waals surface area (Å²) < 4.78 is 6.10. The van der Waals surface area contributed by atoms with E-state index in [1.54, 1.807) is 6.92 Å². The van der Waals surface area contributed by atoms with E-state index >= 15 is 0 Å². The molecule has 2 rings (SSSR count). The summed E-state index contributed by atoms with van der Waals surface area (Å²) >= 11 is 0. The van der Waals surface area contributed by atoms with E-state index in [9.17, 15) is 9.59 Å². The molecule has 0 radical (unpaired) electrons. The summed E-state index contributed by atoms with van der Waals surface area (Å²) in [6.45, 7) is 1.81. The molecular formula is C10H9N3O4. The van der Waals surface area contributed by atoms with Crippen molar-refractivity contribution in [3.05, 3.63) is 46.0 Å². The molecule has 0 saturated heterocycles. The Morgan fingerprint density at radius 1 is 1.53 bits per heavy atom. The van der Waals surface area contributed by atoms with Crippen molar-refractivity contribution in [3.63, 3.8) is 0 Å². The molecule has 0 bridgehead atoms. The number of carboxylic acid groups (broad SMARTS) is 1. The minimum absolute atomic E-state index is 0.104. The Labute approximate surface area is 95.3 Å². The van der Waals surface area contributed by atoms with Gasteiger partial charge in [-0.25, -0.2) is 9.78 Å². The van der Waals surface area contributed by atoms with Gasteiger partial charge in [-0.1, -0.05) is 5.16 Å². The smallest absolute Gasteiger partial charge is 0.358 e. The van der Waals surface area contributed by atoms with Gasteiger partial charge >= 0.3 is 5.97 Å². The van der Waals surface area contributed by atoms with Crippen LogP contribution in [0.25, 0.3) is 0 Å². The van der Waals surface area contributed by atoms with Gasteiger partial charge in [-0.15, -0.1) is 0 Å². The molecule has 0 fully saturated rings. The van der Waals surface area contributed by atoms with Crippen LogP contribution < -0.4 is 5.56 Å². The highest BCUT2D eigenvalue weighted by molar-refractivity contribution is 5.85. The molecule has 0 aliphatic rings. The van der Waals surface area contributed by atoms with Crippen LogP contribution in [0.2, 0.25) is 0 Å². The molecule has 0 saturated carbocycles. The summed E-state index contributed by atoms with van der Waals surface area (Å²) in [5.74, 6) is -0.885. The number of hydrogen-bond donors (Lipinski definition) is 1. The van der Waals surface area contributed by atoms with Gasteiger partial charge in [-0.2, -0.15) is 0 Å². The van der Waals surface area contributed by atoms with Gasteiger partial charge in [0.05, 0.1) is 12.9 Å². The second-order valence-electron chi connectivity index (χ2n) is 3.48. The summed E-state index contributed by atoms with van der Waals surface area (Å²) in [7, 11) is 0. The Morgan fingerprint density at radius 2 is 2.29 bits per heavy atom. The first-order chi connectivity index (χ1) is 8.06. The van der Waals surface area contributed by atoms with Crippen LogP contribution in [0, 0.1) is 6.92 Å². The number of aromatic nitrogens is 3. The van der Waals surface area contributed by atoms with Crippen molar-refractivity contribution in [1.29, 1.82) is 0 Å². The van der Waals surface area contributed by atoms with Crippen LogP contribution in [0.1, 0.15) is 21.9 Å². The molecule has 88 valence electrons. The summed E-state index contributed by atoms with van der Waals surface area (Å²) in [5, 5.41) is 12.0. The van der Waals surface area contributed by atoms with Gasteiger partial charge in [-0.05, 0) is 6.92 Å². The number of aryl methyl sites for hydroxylation is 1. The highest BCUT2D eigenvalue weighted by Crippen LogP contribution is 2.04. The van der Waals surface area contributed by atoms with Crippen LogP contribution in [0.4, 0.5) is 0 Å². The Hall–Kier alpha value is -2.44. The Balaban J connectivity index is 2.25. The molecule has 7 nitrogen and oxygen atoms in total. The molecule has 7 heteroatoms. The summed E-state index contributed by atoms with van der Waals surface area (Å²) in [4.78, 5) is 26.1. The van der Waals surface area contributed by atoms with Crippen LogP contribution >= 0.6 is 0 Å². The first kappa shape index (κ1) is 11.1. The summed E-state index contributed by atoms with van der Waals surface area (Å²) in [5.41, 5.74) is 0.203. The molecule has 0 unspecified atom stereocenters. The van der Waals surface area contributed by atoms with E-state index in [2.05, 4.69) is 10.1 Å². The van der Waals surface area contributed by atoms with Crippen molar-refractivity contribution in [2.45, 2.75) is 13.5 Å². The third-order valence-electron chi connectivity index (χ3n) is 2.12. The van der Waals surface area contributed by atoms with Crippen molar-refractivity contribution in [3.8, 4) is 0 Å². The van der Waals surface area contributed by atoms with E-state index in [1.165, 1.54) is 23.0 Å². The maximum Gasteiger partial charge on any atom is 0.358 e. The maximum atomic E-state index is 11.5. The van der Waals surface area contributed by atoms with E-state index < -0.39 is 5.97 Å². The molecule has 0 aromatic carbocycles. The van der Waals surface area contributed by atoms with Gasteiger partial charge in [0.1, 0.15) is 0 Å². The topological polar surface area (TPSA) is 98.2 Å². The predicted molar refractivity (Wildman–Crippen MR) is 55.8 cm³/mol. The molecule has 2 aromatic rings. The zero-order valence-electron chi connectivity index (χ0n) is 8.95. The minimum Gasteiger partial charge on any atom is -0.476 e. The van der Waals surface area contributed by atoms with Gasteiger partial charge in [0, 0.05) is 17.8 Å². The monoisotopic (exact) mass is 235 g/mol. The Kier molecular flexibility index (Phi) is 2.73. The van der Waals surface area contributed by atoms with Crippen LogP contribution in [-0.2, 0) is 6.54 Å². The third kappa shape index (κ3) is 2.39. The molecule has 1 N–H and O–H groups in total. The van der Waals surface area contributed by atoms with Gasteiger partial charge < -0.3 is 9.63 Å². The summed E-state index contributed by atoms with van der Waals surface area (Å²) in [6.07, 6.45) is 1.38. The zero-order valence-corrected chi connectivity index (χ0v) is 8.95. The summed E-state index contributed by atoms with van der Waals surface area (Å²) in [6, 6.07) is 2.66. The number of nitrogens with zero attached hydrogens (tertiary/aromatic N) is 3. The lowest BCUT2D eigenvalue weighted by molar-refractivity contribution is 0.0685. The molecular weight excluding hydrogens is 226 g/mol. The molecule has 0 spiro atoms. The van der Waals surface area contributed by atoms with E-state index in [1.807, 2.05) is 0 Å². The number of rotatable bonds is 3. The fraction of sp³-hybridized carbons (Fsp3) is 0.200. The molecule has 0 aliphatic carbocycles. The van der Waals surface area contributed by atoms with Gasteiger partial charge in [0.2, 0.25) is 0 Å². The number of carboxylic acids is 1. The van der Waals surface area contributed by atoms with Gasteiger partial charge in [-0.3, -0.25) is 9.36 Å². The highest BCUT2D eigenvalue weighted by Gasteiger charge is 2.11. The average Bonchev–Trinajstić information content (AvgIpc) is 2.71. The first-order valence-electron chi connectivity index (χ1n) is 4.78. The Morgan fingerprint density at radius 3 is 2.88 bits per heavy atom. The van der Waals surface area contributed by atoms with Gasteiger partial charge in [0.15, 0.2) is 11.5 Å². The van der Waals surface area contributed by atoms with Crippen LogP contribution in [0.3, 0.4) is 0 Å². The normalized spacial score (nSPS) is 10.4. The lowest BCUT2D eigenvalue weighted by atomic mass is 10.3. The predicted octanol–water partition coefficient (Wildman–Crippen LogP) is 0.286. The molecule has 0 amide bonds. The lowest BCUT2D eigenvalue weighted by Crippen LogP contribution is -2.20. The molecule has 0 aliphatic heterocycles. The average molecular weight is 235 g/mol. The third-order valence-corrected chi connectivity index (χ3v) is 2.12. The van der Waals surface area contributed by atoms with Crippen molar-refractivity contribution in [1.82, 2.24) is 14.7 Å². The van der Waals surface area contributed by atoms with E-state index in [-0.39, 0.29) is 23.6 Å². The molecule has 2 aromatic heterocycles. The maximum absolute atomic E-state index is 11.5. The fourth-order valence-corrected chi connectivity index (χ4v) is 1.29. The van der Waals surface area contributed by atoms with Gasteiger partial charge in [0.25, 0.3) is 5.56 Å².